The van der Waals surface area contributed by atoms with E-state index < -0.39 is 0 Å². The summed E-state index contributed by atoms with van der Waals surface area (Å²) in [5.74, 6) is 0. The number of nitrogens with one attached hydrogen (secondary N) is 2. The summed E-state index contributed by atoms with van der Waals surface area (Å²) in [6, 6.07) is 3.89. The van der Waals surface area contributed by atoms with E-state index in [1.807, 2.05) is 12.1 Å². The monoisotopic (exact) mass is 274 g/mol. The molecule has 6 heteroatoms. The van der Waals surface area contributed by atoms with Crippen LogP contribution in [0.4, 0.5) is 4.79 Å². The van der Waals surface area contributed by atoms with Crippen LogP contribution in [0.1, 0.15) is 11.3 Å². The van der Waals surface area contributed by atoms with Crippen LogP contribution in [0.25, 0.3) is 0 Å². The molecule has 0 radical (unpaired) electrons. The van der Waals surface area contributed by atoms with Crippen molar-refractivity contribution in [2.75, 3.05) is 19.8 Å². The second-order valence-electron chi connectivity index (χ2n) is 3.92. The summed E-state index contributed by atoms with van der Waals surface area (Å²) >= 11 is 7.37. The van der Waals surface area contributed by atoms with E-state index in [1.54, 1.807) is 11.3 Å². The third-order valence-corrected chi connectivity index (χ3v) is 3.84. The maximum Gasteiger partial charge on any atom is 0.315 e. The van der Waals surface area contributed by atoms with E-state index in [4.69, 9.17) is 16.3 Å². The van der Waals surface area contributed by atoms with E-state index in [9.17, 15) is 4.79 Å². The number of hydrogen-bond acceptors (Lipinski definition) is 3. The first-order chi connectivity index (χ1) is 8.24. The summed E-state index contributed by atoms with van der Waals surface area (Å²) in [6.07, 6.45) is 1.71. The molecule has 17 heavy (non-hydrogen) atoms. The van der Waals surface area contributed by atoms with Crippen molar-refractivity contribution in [3.8, 4) is 0 Å². The largest absolute Gasteiger partial charge is 0.379 e. The lowest BCUT2D eigenvalue weighted by molar-refractivity contribution is 0.188. The summed E-state index contributed by atoms with van der Waals surface area (Å²) in [4.78, 5) is 12.7. The Morgan fingerprint density at radius 2 is 2.47 bits per heavy atom. The molecule has 94 valence electrons. The Hall–Kier alpha value is -0.780. The average Bonchev–Trinajstić information content (AvgIpc) is 2.90. The quantitative estimate of drug-likeness (QED) is 0.883. The fraction of sp³-hybridized carbons (Fsp3) is 0.545. The zero-order valence-electron chi connectivity index (χ0n) is 9.37. The molecule has 1 fully saturated rings. The van der Waals surface area contributed by atoms with Crippen LogP contribution in [0.15, 0.2) is 12.1 Å². The summed E-state index contributed by atoms with van der Waals surface area (Å²) < 4.78 is 5.96. The fourth-order valence-electron chi connectivity index (χ4n) is 1.67. The highest BCUT2D eigenvalue weighted by atomic mass is 35.5. The lowest BCUT2D eigenvalue weighted by Crippen LogP contribution is -2.42. The van der Waals surface area contributed by atoms with Crippen LogP contribution in [0, 0.1) is 0 Å². The van der Waals surface area contributed by atoms with Gasteiger partial charge in [0.15, 0.2) is 0 Å². The number of rotatable bonds is 4. The first kappa shape index (κ1) is 12.7. The fourth-order valence-corrected chi connectivity index (χ4v) is 2.76. The Balaban J connectivity index is 1.62. The van der Waals surface area contributed by atoms with Gasteiger partial charge in [0.25, 0.3) is 0 Å². The minimum Gasteiger partial charge on any atom is -0.379 e. The van der Waals surface area contributed by atoms with E-state index in [1.165, 1.54) is 4.88 Å². The molecule has 0 aliphatic carbocycles. The number of urea groups is 1. The van der Waals surface area contributed by atoms with Crippen molar-refractivity contribution in [1.29, 1.82) is 0 Å². The van der Waals surface area contributed by atoms with E-state index in [-0.39, 0.29) is 12.1 Å². The molecular weight excluding hydrogens is 260 g/mol. The maximum atomic E-state index is 11.5. The number of carbonyl (C=O) groups is 1. The van der Waals surface area contributed by atoms with Crippen LogP contribution in [0.5, 0.6) is 0 Å². The molecule has 2 N–H and O–H groups in total. The van der Waals surface area contributed by atoms with Gasteiger partial charge in [0, 0.05) is 18.0 Å². The van der Waals surface area contributed by atoms with Gasteiger partial charge in [-0.05, 0) is 25.0 Å². The molecule has 2 amide bonds. The predicted octanol–water partition coefficient (Wildman–Crippen LogP) is 2.03. The lowest BCUT2D eigenvalue weighted by Gasteiger charge is -2.11. The third-order valence-electron chi connectivity index (χ3n) is 2.55. The SMILES string of the molecule is O=C(NCCc1ccc(Cl)s1)NC1CCOC1. The van der Waals surface area contributed by atoms with Crippen molar-refractivity contribution in [2.45, 2.75) is 18.9 Å². The Labute approximate surface area is 109 Å². The second-order valence-corrected chi connectivity index (χ2v) is 5.72. The number of carbonyl (C=O) groups excluding carboxylic acids is 1. The van der Waals surface area contributed by atoms with Crippen LogP contribution >= 0.6 is 22.9 Å². The molecule has 1 aliphatic heterocycles. The van der Waals surface area contributed by atoms with Crippen molar-refractivity contribution in [3.63, 3.8) is 0 Å². The van der Waals surface area contributed by atoms with Gasteiger partial charge in [-0.2, -0.15) is 0 Å². The van der Waals surface area contributed by atoms with Crippen molar-refractivity contribution >= 4 is 29.0 Å². The lowest BCUT2D eigenvalue weighted by atomic mass is 10.3. The number of halogens is 1. The molecule has 1 aromatic heterocycles. The molecule has 4 nitrogen and oxygen atoms in total. The van der Waals surface area contributed by atoms with Gasteiger partial charge in [-0.1, -0.05) is 11.6 Å². The molecule has 0 spiro atoms. The molecule has 0 saturated carbocycles. The summed E-state index contributed by atoms with van der Waals surface area (Å²) in [5, 5.41) is 5.70. The highest BCUT2D eigenvalue weighted by Crippen LogP contribution is 2.21. The van der Waals surface area contributed by atoms with E-state index in [0.29, 0.717) is 13.2 Å². The number of hydrogen-bond donors (Lipinski definition) is 2. The van der Waals surface area contributed by atoms with Crippen molar-refractivity contribution in [2.24, 2.45) is 0 Å². The zero-order valence-corrected chi connectivity index (χ0v) is 10.9. The van der Waals surface area contributed by atoms with Crippen LogP contribution in [0.2, 0.25) is 4.34 Å². The molecule has 1 unspecified atom stereocenters. The van der Waals surface area contributed by atoms with Crippen LogP contribution in [0.3, 0.4) is 0 Å². The predicted molar refractivity (Wildman–Crippen MR) is 68.8 cm³/mol. The van der Waals surface area contributed by atoms with Gasteiger partial charge in [0.1, 0.15) is 0 Å². The molecule has 1 aromatic rings. The van der Waals surface area contributed by atoms with Gasteiger partial charge in [0.2, 0.25) is 0 Å². The van der Waals surface area contributed by atoms with Crippen LogP contribution in [-0.2, 0) is 11.2 Å². The Kier molecular flexibility index (Phi) is 4.65. The van der Waals surface area contributed by atoms with Crippen molar-refractivity contribution in [1.82, 2.24) is 10.6 Å². The third kappa shape index (κ3) is 4.18. The second kappa shape index (κ2) is 6.23. The first-order valence-corrected chi connectivity index (χ1v) is 6.80. The van der Waals surface area contributed by atoms with E-state index in [0.717, 1.165) is 23.8 Å². The number of ether oxygens (including phenoxy) is 1. The van der Waals surface area contributed by atoms with Crippen molar-refractivity contribution in [3.05, 3.63) is 21.3 Å². The van der Waals surface area contributed by atoms with Gasteiger partial charge in [-0.25, -0.2) is 4.79 Å². The molecule has 2 heterocycles. The smallest absolute Gasteiger partial charge is 0.315 e. The molecule has 2 rings (SSSR count). The molecular formula is C11H15ClN2O2S. The molecule has 0 aromatic carbocycles. The minimum absolute atomic E-state index is 0.122. The topological polar surface area (TPSA) is 50.4 Å². The number of amides is 2. The summed E-state index contributed by atoms with van der Waals surface area (Å²) in [6.45, 7) is 1.98. The van der Waals surface area contributed by atoms with Gasteiger partial charge < -0.3 is 15.4 Å². The van der Waals surface area contributed by atoms with Gasteiger partial charge >= 0.3 is 6.03 Å². The van der Waals surface area contributed by atoms with E-state index >= 15 is 0 Å². The molecule has 1 aliphatic rings. The highest BCUT2D eigenvalue weighted by Gasteiger charge is 2.17. The summed E-state index contributed by atoms with van der Waals surface area (Å²) in [7, 11) is 0. The zero-order chi connectivity index (χ0) is 12.1. The Morgan fingerprint density at radius 3 is 3.12 bits per heavy atom. The minimum atomic E-state index is -0.122. The van der Waals surface area contributed by atoms with E-state index in [2.05, 4.69) is 10.6 Å². The average molecular weight is 275 g/mol. The summed E-state index contributed by atoms with van der Waals surface area (Å²) in [5.41, 5.74) is 0. The molecule has 1 atom stereocenters. The van der Waals surface area contributed by atoms with Crippen LogP contribution in [-0.4, -0.2) is 31.8 Å². The highest BCUT2D eigenvalue weighted by molar-refractivity contribution is 7.16. The molecule has 1 saturated heterocycles. The standard InChI is InChI=1S/C11H15ClN2O2S/c12-10-2-1-9(17-10)3-5-13-11(15)14-8-4-6-16-7-8/h1-2,8H,3-7H2,(H2,13,14,15). The first-order valence-electron chi connectivity index (χ1n) is 5.60. The van der Waals surface area contributed by atoms with Gasteiger partial charge in [-0.3, -0.25) is 0 Å². The van der Waals surface area contributed by atoms with Crippen LogP contribution < -0.4 is 10.6 Å². The number of thiophene rings is 1. The van der Waals surface area contributed by atoms with Gasteiger partial charge in [0.05, 0.1) is 17.0 Å². The Bertz CT molecular complexity index is 377. The van der Waals surface area contributed by atoms with Crippen molar-refractivity contribution < 1.29 is 9.53 Å². The molecule has 0 bridgehead atoms. The normalized spacial score (nSPS) is 19.2. The van der Waals surface area contributed by atoms with Gasteiger partial charge in [-0.15, -0.1) is 11.3 Å². The Morgan fingerprint density at radius 1 is 1.59 bits per heavy atom. The maximum absolute atomic E-state index is 11.5.